The van der Waals surface area contributed by atoms with E-state index in [0.29, 0.717) is 11.1 Å². The molecule has 1 aliphatic heterocycles. The van der Waals surface area contributed by atoms with E-state index < -0.39 is 0 Å². The molecule has 6 heteroatoms. The van der Waals surface area contributed by atoms with Crippen LogP contribution in [0.3, 0.4) is 0 Å². The van der Waals surface area contributed by atoms with Gasteiger partial charge in [0.05, 0.1) is 0 Å². The van der Waals surface area contributed by atoms with E-state index in [1.54, 1.807) is 0 Å². The van der Waals surface area contributed by atoms with Crippen molar-refractivity contribution in [2.45, 2.75) is 25.8 Å². The number of benzene rings is 1. The van der Waals surface area contributed by atoms with Crippen molar-refractivity contribution in [1.82, 2.24) is 15.2 Å². The fraction of sp³-hybridized carbons (Fsp3) is 0.429. The fourth-order valence-electron chi connectivity index (χ4n) is 2.46. The Morgan fingerprint density at radius 1 is 1.35 bits per heavy atom. The number of rotatable bonds is 2. The molecule has 2 heterocycles. The Morgan fingerprint density at radius 3 is 2.85 bits per heavy atom. The summed E-state index contributed by atoms with van der Waals surface area (Å²) in [5, 5.41) is 8.03. The number of nitrogens with zero attached hydrogens (tertiary/aromatic N) is 3. The van der Waals surface area contributed by atoms with Gasteiger partial charge in [-0.25, -0.2) is 0 Å². The van der Waals surface area contributed by atoms with Crippen molar-refractivity contribution in [3.05, 3.63) is 28.8 Å². The van der Waals surface area contributed by atoms with Crippen LogP contribution in [0.2, 0.25) is 5.02 Å². The lowest BCUT2D eigenvalue weighted by Gasteiger charge is -2.28. The van der Waals surface area contributed by atoms with Gasteiger partial charge >= 0.3 is 0 Å². The second-order valence-electron chi connectivity index (χ2n) is 5.27. The number of piperidine rings is 1. The highest BCUT2D eigenvalue weighted by Gasteiger charge is 2.20. The second-order valence-corrected chi connectivity index (χ2v) is 5.70. The summed E-state index contributed by atoms with van der Waals surface area (Å²) in [4.78, 5) is 6.76. The van der Waals surface area contributed by atoms with Crippen LogP contribution < -0.4 is 10.6 Å². The lowest BCUT2D eigenvalue weighted by atomic mass is 10.1. The molecule has 20 heavy (non-hydrogen) atoms. The van der Waals surface area contributed by atoms with Crippen molar-refractivity contribution in [2.75, 3.05) is 18.0 Å². The molecule has 3 rings (SSSR count). The van der Waals surface area contributed by atoms with Gasteiger partial charge in [0.1, 0.15) is 0 Å². The molecule has 106 valence electrons. The van der Waals surface area contributed by atoms with Gasteiger partial charge in [-0.3, -0.25) is 5.10 Å². The van der Waals surface area contributed by atoms with E-state index in [-0.39, 0.29) is 0 Å². The molecule has 0 atom stereocenters. The summed E-state index contributed by atoms with van der Waals surface area (Å²) in [5.41, 5.74) is 8.03. The Bertz CT molecular complexity index is 601. The van der Waals surface area contributed by atoms with Crippen molar-refractivity contribution in [3.63, 3.8) is 0 Å². The summed E-state index contributed by atoms with van der Waals surface area (Å²) in [6, 6.07) is 6.08. The molecule has 0 spiro atoms. The maximum absolute atomic E-state index is 6.05. The summed E-state index contributed by atoms with van der Waals surface area (Å²) < 4.78 is 0. The predicted octanol–water partition coefficient (Wildman–Crippen LogP) is 2.36. The van der Waals surface area contributed by atoms with Crippen LogP contribution in [-0.4, -0.2) is 34.3 Å². The zero-order valence-electron chi connectivity index (χ0n) is 11.4. The number of aromatic nitrogens is 3. The topological polar surface area (TPSA) is 70.8 Å². The minimum atomic E-state index is 0.305. The molecule has 2 aromatic rings. The third-order valence-corrected chi connectivity index (χ3v) is 3.99. The summed E-state index contributed by atoms with van der Waals surface area (Å²) >= 11 is 6.05. The van der Waals surface area contributed by atoms with Crippen molar-refractivity contribution < 1.29 is 0 Å². The number of halogens is 1. The Kier molecular flexibility index (Phi) is 3.63. The molecule has 0 amide bonds. The fourth-order valence-corrected chi connectivity index (χ4v) is 2.64. The smallest absolute Gasteiger partial charge is 0.245 e. The molecule has 1 aliphatic rings. The highest BCUT2D eigenvalue weighted by Crippen LogP contribution is 2.25. The minimum Gasteiger partial charge on any atom is -0.339 e. The largest absolute Gasteiger partial charge is 0.339 e. The van der Waals surface area contributed by atoms with E-state index in [1.165, 1.54) is 0 Å². The van der Waals surface area contributed by atoms with E-state index in [1.807, 2.05) is 25.1 Å². The van der Waals surface area contributed by atoms with E-state index >= 15 is 0 Å². The minimum absolute atomic E-state index is 0.305. The SMILES string of the molecule is Cc1ccc(Cl)cc1-c1nc(N2CCC(N)CC2)n[nH]1. The molecule has 0 aliphatic carbocycles. The van der Waals surface area contributed by atoms with Crippen molar-refractivity contribution in [1.29, 1.82) is 0 Å². The summed E-state index contributed by atoms with van der Waals surface area (Å²) in [6.07, 6.45) is 1.97. The highest BCUT2D eigenvalue weighted by molar-refractivity contribution is 6.30. The average molecular weight is 292 g/mol. The molecule has 1 aromatic carbocycles. The van der Waals surface area contributed by atoms with Crippen LogP contribution >= 0.6 is 11.6 Å². The number of nitrogens with one attached hydrogen (secondary N) is 1. The third kappa shape index (κ3) is 2.64. The van der Waals surface area contributed by atoms with Crippen LogP contribution in [0, 0.1) is 6.92 Å². The van der Waals surface area contributed by atoms with E-state index in [9.17, 15) is 0 Å². The molecule has 0 radical (unpaired) electrons. The van der Waals surface area contributed by atoms with Gasteiger partial charge < -0.3 is 10.6 Å². The van der Waals surface area contributed by atoms with E-state index in [4.69, 9.17) is 17.3 Å². The second kappa shape index (κ2) is 5.42. The molecular formula is C14H18ClN5. The lowest BCUT2D eigenvalue weighted by Crippen LogP contribution is -2.40. The number of H-pyrrole nitrogens is 1. The van der Waals surface area contributed by atoms with Crippen LogP contribution in [0.5, 0.6) is 0 Å². The zero-order valence-corrected chi connectivity index (χ0v) is 12.2. The Hall–Kier alpha value is -1.59. The Balaban J connectivity index is 1.85. The first-order valence-corrected chi connectivity index (χ1v) is 7.21. The maximum Gasteiger partial charge on any atom is 0.245 e. The molecule has 1 saturated heterocycles. The number of hydrogen-bond donors (Lipinski definition) is 2. The number of nitrogens with two attached hydrogens (primary N) is 1. The van der Waals surface area contributed by atoms with Gasteiger partial charge in [0.15, 0.2) is 5.82 Å². The van der Waals surface area contributed by atoms with Crippen molar-refractivity contribution in [2.24, 2.45) is 5.73 Å². The van der Waals surface area contributed by atoms with Crippen LogP contribution in [-0.2, 0) is 0 Å². The number of aryl methyl sites for hydroxylation is 1. The Morgan fingerprint density at radius 2 is 2.10 bits per heavy atom. The first kappa shape index (κ1) is 13.4. The van der Waals surface area contributed by atoms with Crippen molar-refractivity contribution >= 4 is 17.5 Å². The lowest BCUT2D eigenvalue weighted by molar-refractivity contribution is 0.496. The Labute approximate surface area is 123 Å². The van der Waals surface area contributed by atoms with Crippen LogP contribution in [0.1, 0.15) is 18.4 Å². The normalized spacial score (nSPS) is 16.6. The summed E-state index contributed by atoms with van der Waals surface area (Å²) in [6.45, 7) is 3.85. The molecule has 1 fully saturated rings. The number of aromatic amines is 1. The van der Waals surface area contributed by atoms with Crippen LogP contribution in [0.25, 0.3) is 11.4 Å². The van der Waals surface area contributed by atoms with Crippen molar-refractivity contribution in [3.8, 4) is 11.4 Å². The van der Waals surface area contributed by atoms with Gasteiger partial charge in [-0.05, 0) is 37.5 Å². The van der Waals surface area contributed by atoms with Gasteiger partial charge in [0.25, 0.3) is 0 Å². The van der Waals surface area contributed by atoms with Gasteiger partial charge in [0, 0.05) is 29.7 Å². The molecule has 1 aromatic heterocycles. The zero-order chi connectivity index (χ0) is 14.1. The molecule has 0 saturated carbocycles. The quantitative estimate of drug-likeness (QED) is 0.891. The molecule has 0 bridgehead atoms. The van der Waals surface area contributed by atoms with Crippen LogP contribution in [0.15, 0.2) is 18.2 Å². The summed E-state index contributed by atoms with van der Waals surface area (Å²) in [5.74, 6) is 1.50. The van der Waals surface area contributed by atoms with E-state index in [2.05, 4.69) is 20.1 Å². The van der Waals surface area contributed by atoms with Gasteiger partial charge in [0.2, 0.25) is 5.95 Å². The standard InChI is InChI=1S/C14H18ClN5/c1-9-2-3-10(15)8-12(9)13-17-14(19-18-13)20-6-4-11(16)5-7-20/h2-3,8,11H,4-7,16H2,1H3,(H,17,18,19). The molecule has 3 N–H and O–H groups in total. The molecule has 0 unspecified atom stereocenters. The average Bonchev–Trinajstić information content (AvgIpc) is 2.92. The third-order valence-electron chi connectivity index (χ3n) is 3.75. The van der Waals surface area contributed by atoms with Crippen LogP contribution in [0.4, 0.5) is 5.95 Å². The molecular weight excluding hydrogens is 274 g/mol. The highest BCUT2D eigenvalue weighted by atomic mass is 35.5. The van der Waals surface area contributed by atoms with Gasteiger partial charge in [-0.15, -0.1) is 5.10 Å². The first-order chi connectivity index (χ1) is 9.63. The van der Waals surface area contributed by atoms with E-state index in [0.717, 1.165) is 48.8 Å². The van der Waals surface area contributed by atoms with Gasteiger partial charge in [-0.2, -0.15) is 4.98 Å². The molecule has 5 nitrogen and oxygen atoms in total. The maximum atomic E-state index is 6.05. The van der Waals surface area contributed by atoms with Gasteiger partial charge in [-0.1, -0.05) is 17.7 Å². The predicted molar refractivity (Wildman–Crippen MR) is 81.0 cm³/mol. The summed E-state index contributed by atoms with van der Waals surface area (Å²) in [7, 11) is 0. The number of hydrogen-bond acceptors (Lipinski definition) is 4. The first-order valence-electron chi connectivity index (χ1n) is 6.83. The monoisotopic (exact) mass is 291 g/mol. The number of anilines is 1.